The summed E-state index contributed by atoms with van der Waals surface area (Å²) in [5, 5.41) is 0.612. The van der Waals surface area contributed by atoms with Crippen LogP contribution in [0.1, 0.15) is 0 Å². The van der Waals surface area contributed by atoms with Crippen LogP contribution in [0.2, 0.25) is 0 Å². The summed E-state index contributed by atoms with van der Waals surface area (Å²) in [5.74, 6) is 0. The van der Waals surface area contributed by atoms with Crippen LogP contribution in [0.15, 0.2) is 38.1 Å². The molecule has 4 heteroatoms. The van der Waals surface area contributed by atoms with E-state index in [9.17, 15) is 4.79 Å². The molecule has 0 saturated heterocycles. The molecule has 2 aromatic rings. The van der Waals surface area contributed by atoms with Crippen molar-refractivity contribution in [3.8, 4) is 0 Å². The minimum atomic E-state index is -0.0280. The van der Waals surface area contributed by atoms with E-state index in [1.54, 1.807) is 6.07 Å². The van der Waals surface area contributed by atoms with Gasteiger partial charge in [0.15, 0.2) is 0 Å². The Labute approximate surface area is 96.2 Å². The lowest BCUT2D eigenvalue weighted by atomic mass is 10.2. The first kappa shape index (κ1) is 9.21. The van der Waals surface area contributed by atoms with Crippen molar-refractivity contribution >= 4 is 49.5 Å². The largest absolute Gasteiger partial charge is 0.463 e. The molecular formula is C9H4BrIO2. The van der Waals surface area contributed by atoms with Crippen LogP contribution in [0.5, 0.6) is 0 Å². The predicted octanol–water partition coefficient (Wildman–Crippen LogP) is 3.16. The molecule has 2 rings (SSSR count). The monoisotopic (exact) mass is 350 g/mol. The van der Waals surface area contributed by atoms with Crippen LogP contribution in [0.3, 0.4) is 0 Å². The van der Waals surface area contributed by atoms with Crippen LogP contribution in [-0.4, -0.2) is 0 Å². The maximum absolute atomic E-state index is 11.6. The third-order valence-corrected chi connectivity index (χ3v) is 2.91. The van der Waals surface area contributed by atoms with Gasteiger partial charge in [0.2, 0.25) is 5.43 Å². The molecule has 0 saturated carbocycles. The summed E-state index contributed by atoms with van der Waals surface area (Å²) >= 11 is 5.29. The van der Waals surface area contributed by atoms with Crippen molar-refractivity contribution < 1.29 is 4.42 Å². The van der Waals surface area contributed by atoms with Crippen LogP contribution < -0.4 is 5.43 Å². The van der Waals surface area contributed by atoms with Gasteiger partial charge in [0.05, 0.1) is 5.39 Å². The highest BCUT2D eigenvalue weighted by molar-refractivity contribution is 14.1. The molecular weight excluding hydrogens is 347 g/mol. The molecule has 0 atom stereocenters. The summed E-state index contributed by atoms with van der Waals surface area (Å²) in [4.78, 5) is 11.6. The third kappa shape index (κ3) is 1.65. The molecule has 1 aromatic heterocycles. The average Bonchev–Trinajstić information content (AvgIpc) is 2.12. The van der Waals surface area contributed by atoms with E-state index in [1.807, 2.05) is 12.1 Å². The molecule has 0 bridgehead atoms. The second-order valence-electron chi connectivity index (χ2n) is 2.55. The second kappa shape index (κ2) is 3.42. The summed E-state index contributed by atoms with van der Waals surface area (Å²) in [6.07, 6.45) is 1.41. The Bertz CT molecular complexity index is 513. The molecule has 0 unspecified atom stereocenters. The van der Waals surface area contributed by atoms with Gasteiger partial charge < -0.3 is 4.42 Å². The van der Waals surface area contributed by atoms with Crippen LogP contribution in [0.25, 0.3) is 11.0 Å². The topological polar surface area (TPSA) is 30.2 Å². The van der Waals surface area contributed by atoms with Crippen molar-refractivity contribution in [2.75, 3.05) is 0 Å². The number of rotatable bonds is 0. The normalized spacial score (nSPS) is 10.6. The molecule has 0 aliphatic carbocycles. The molecule has 2 nitrogen and oxygen atoms in total. The number of halogens is 2. The van der Waals surface area contributed by atoms with Crippen molar-refractivity contribution in [2.24, 2.45) is 0 Å². The van der Waals surface area contributed by atoms with E-state index in [2.05, 4.69) is 38.5 Å². The third-order valence-electron chi connectivity index (χ3n) is 1.69. The Morgan fingerprint density at radius 2 is 2.15 bits per heavy atom. The van der Waals surface area contributed by atoms with Gasteiger partial charge in [-0.3, -0.25) is 4.79 Å². The number of benzene rings is 1. The van der Waals surface area contributed by atoms with Crippen LogP contribution >= 0.6 is 38.5 Å². The van der Waals surface area contributed by atoms with E-state index >= 15 is 0 Å². The fourth-order valence-corrected chi connectivity index (χ4v) is 1.88. The second-order valence-corrected chi connectivity index (χ2v) is 4.65. The minimum absolute atomic E-state index is 0.0280. The van der Waals surface area contributed by atoms with E-state index in [-0.39, 0.29) is 5.43 Å². The number of hydrogen-bond acceptors (Lipinski definition) is 2. The van der Waals surface area contributed by atoms with Crippen molar-refractivity contribution in [3.05, 3.63) is 42.7 Å². The van der Waals surface area contributed by atoms with Gasteiger partial charge in [0.25, 0.3) is 0 Å². The fraction of sp³-hybridized carbons (Fsp3) is 0. The molecule has 1 heterocycles. The quantitative estimate of drug-likeness (QED) is 0.683. The predicted molar refractivity (Wildman–Crippen MR) is 62.9 cm³/mol. The van der Waals surface area contributed by atoms with Crippen molar-refractivity contribution in [1.82, 2.24) is 0 Å². The van der Waals surface area contributed by atoms with Crippen molar-refractivity contribution in [2.45, 2.75) is 0 Å². The van der Waals surface area contributed by atoms with E-state index in [1.165, 1.54) is 6.26 Å². The Hall–Kier alpha value is -0.360. The first-order valence-electron chi connectivity index (χ1n) is 3.55. The highest BCUT2D eigenvalue weighted by Gasteiger charge is 2.04. The molecule has 0 amide bonds. The van der Waals surface area contributed by atoms with Gasteiger partial charge in [-0.05, 0) is 56.7 Å². The zero-order valence-electron chi connectivity index (χ0n) is 6.38. The first-order valence-corrected chi connectivity index (χ1v) is 5.42. The first-order chi connectivity index (χ1) is 6.18. The lowest BCUT2D eigenvalue weighted by Crippen LogP contribution is -2.01. The van der Waals surface area contributed by atoms with Crippen molar-refractivity contribution in [3.63, 3.8) is 0 Å². The van der Waals surface area contributed by atoms with Crippen LogP contribution in [0, 0.1) is 3.57 Å². The van der Waals surface area contributed by atoms with E-state index in [0.29, 0.717) is 15.4 Å². The van der Waals surface area contributed by atoms with E-state index in [4.69, 9.17) is 4.42 Å². The summed E-state index contributed by atoms with van der Waals surface area (Å²) in [6, 6.07) is 5.51. The van der Waals surface area contributed by atoms with Crippen LogP contribution in [-0.2, 0) is 0 Å². The van der Waals surface area contributed by atoms with Crippen LogP contribution in [0.4, 0.5) is 0 Å². The molecule has 13 heavy (non-hydrogen) atoms. The van der Waals surface area contributed by atoms with Gasteiger partial charge in [0.1, 0.15) is 16.3 Å². The number of fused-ring (bicyclic) bond motifs is 1. The molecule has 0 spiro atoms. The van der Waals surface area contributed by atoms with Gasteiger partial charge >= 0.3 is 0 Å². The number of hydrogen-bond donors (Lipinski definition) is 0. The summed E-state index contributed by atoms with van der Waals surface area (Å²) in [7, 11) is 0. The summed E-state index contributed by atoms with van der Waals surface area (Å²) < 4.78 is 6.71. The highest BCUT2D eigenvalue weighted by atomic mass is 127. The van der Waals surface area contributed by atoms with Gasteiger partial charge in [-0.1, -0.05) is 0 Å². The smallest absolute Gasteiger partial charge is 0.206 e. The minimum Gasteiger partial charge on any atom is -0.463 e. The highest BCUT2D eigenvalue weighted by Crippen LogP contribution is 2.16. The Kier molecular flexibility index (Phi) is 2.42. The lowest BCUT2D eigenvalue weighted by molar-refractivity contribution is 0.598. The van der Waals surface area contributed by atoms with Gasteiger partial charge in [-0.2, -0.15) is 0 Å². The molecule has 66 valence electrons. The van der Waals surface area contributed by atoms with Gasteiger partial charge in [-0.25, -0.2) is 0 Å². The maximum atomic E-state index is 11.6. The van der Waals surface area contributed by atoms with E-state index < -0.39 is 0 Å². The van der Waals surface area contributed by atoms with Gasteiger partial charge in [-0.15, -0.1) is 0 Å². The SMILES string of the molecule is O=c1c(Br)coc2ccc(I)cc12. The molecule has 0 fully saturated rings. The lowest BCUT2D eigenvalue weighted by Gasteiger charge is -1.96. The summed E-state index contributed by atoms with van der Waals surface area (Å²) in [6.45, 7) is 0. The zero-order chi connectivity index (χ0) is 9.42. The van der Waals surface area contributed by atoms with E-state index in [0.717, 1.165) is 3.57 Å². The molecule has 0 radical (unpaired) electrons. The standard InChI is InChI=1S/C9H4BrIO2/c10-7-4-13-8-2-1-5(11)3-6(8)9(7)12/h1-4H. The maximum Gasteiger partial charge on any atom is 0.206 e. The molecule has 1 aromatic carbocycles. The Balaban J connectivity index is 2.97. The fourth-order valence-electron chi connectivity index (χ4n) is 1.08. The van der Waals surface area contributed by atoms with Gasteiger partial charge in [0, 0.05) is 3.57 Å². The average molecular weight is 351 g/mol. The zero-order valence-corrected chi connectivity index (χ0v) is 10.1. The Morgan fingerprint density at radius 1 is 1.38 bits per heavy atom. The molecule has 0 N–H and O–H groups in total. The Morgan fingerprint density at radius 3 is 2.92 bits per heavy atom. The summed E-state index contributed by atoms with van der Waals surface area (Å²) in [5.41, 5.74) is 0.591. The van der Waals surface area contributed by atoms with Crippen molar-refractivity contribution in [1.29, 1.82) is 0 Å². The molecule has 0 aliphatic heterocycles. The molecule has 0 aliphatic rings.